The summed E-state index contributed by atoms with van der Waals surface area (Å²) in [5.74, 6) is -3.48. The molecule has 0 spiro atoms. The van der Waals surface area contributed by atoms with Gasteiger partial charge in [-0.15, -0.1) is 0 Å². The number of rotatable bonds is 10. The molecule has 0 unspecified atom stereocenters. The lowest BCUT2D eigenvalue weighted by Crippen LogP contribution is -2.56. The fourth-order valence-corrected chi connectivity index (χ4v) is 10.3. The van der Waals surface area contributed by atoms with E-state index in [0.717, 1.165) is 6.42 Å². The summed E-state index contributed by atoms with van der Waals surface area (Å²) in [6.45, 7) is 6.97. The van der Waals surface area contributed by atoms with E-state index in [1.807, 2.05) is 6.92 Å². The van der Waals surface area contributed by atoms with Crippen molar-refractivity contribution in [2.24, 2.45) is 0 Å². The standard InChI is InChI=1S/C47H56O20/c1-7-8-20-11-19-12-21-31(39(53)30(19)47(57)63-20)33-34(42(56)37(21)51)45(59-6)46-35(41(33)55)40(54)32-24(65-46)9-10-25(38(32)52)64-27-13-22(48)43(17(3)61-27)66-28-14-23(49)44(18(4)62-28)67-29-15-26(58-5)36(50)16(2)60-29/h9-10,12,16-18,20,22-23,26-29,36-37,42-44,48-53,55-56H,7-8,11,13-15H2,1-6H3/t16-,17-,18-,20-,22-,23-,26-,27+,28+,29+,36-,37+,42+,43+,44-/m1/s1. The van der Waals surface area contributed by atoms with E-state index in [0.29, 0.717) is 12.0 Å². The average Bonchev–Trinajstić information content (AvgIpc) is 3.27. The molecular formula is C47H56O20. The number of cyclic esters (lactones) is 1. The molecule has 20 nitrogen and oxygen atoms in total. The molecular weight excluding hydrogens is 884 g/mol. The number of aromatic hydroxyl groups is 3. The molecule has 5 aliphatic rings. The minimum absolute atomic E-state index is 0.0116. The summed E-state index contributed by atoms with van der Waals surface area (Å²) < 4.78 is 58.8. The lowest BCUT2D eigenvalue weighted by atomic mass is 9.77. The molecule has 364 valence electrons. The molecule has 4 aromatic rings. The van der Waals surface area contributed by atoms with Crippen LogP contribution in [0.1, 0.15) is 99.1 Å². The number of methoxy groups -OCH3 is 2. The van der Waals surface area contributed by atoms with E-state index in [1.54, 1.807) is 20.8 Å². The lowest BCUT2D eigenvalue weighted by Gasteiger charge is -2.44. The van der Waals surface area contributed by atoms with E-state index >= 15 is 0 Å². The van der Waals surface area contributed by atoms with Crippen molar-refractivity contribution >= 4 is 27.9 Å². The Morgan fingerprint density at radius 1 is 0.731 bits per heavy atom. The minimum atomic E-state index is -1.76. The van der Waals surface area contributed by atoms with Crippen LogP contribution in [0.3, 0.4) is 0 Å². The van der Waals surface area contributed by atoms with E-state index in [9.17, 15) is 50.4 Å². The van der Waals surface area contributed by atoms with Crippen molar-refractivity contribution in [3.05, 3.63) is 50.7 Å². The third-order valence-corrected chi connectivity index (χ3v) is 13.6. The Bertz CT molecular complexity index is 2590. The molecule has 15 atom stereocenters. The molecule has 0 saturated carbocycles. The molecule has 3 fully saturated rings. The van der Waals surface area contributed by atoms with Gasteiger partial charge in [0.05, 0.1) is 43.7 Å². The third-order valence-electron chi connectivity index (χ3n) is 13.6. The van der Waals surface area contributed by atoms with Gasteiger partial charge in [-0.3, -0.25) is 4.79 Å². The topological polar surface area (TPSA) is 292 Å². The minimum Gasteiger partial charge on any atom is -0.506 e. The summed E-state index contributed by atoms with van der Waals surface area (Å²) in [6, 6.07) is 4.09. The Labute approximate surface area is 383 Å². The van der Waals surface area contributed by atoms with Crippen LogP contribution in [-0.4, -0.2) is 141 Å². The first-order valence-corrected chi connectivity index (χ1v) is 22.5. The molecule has 3 aromatic carbocycles. The normalized spacial score (nSPS) is 34.0. The zero-order valence-corrected chi connectivity index (χ0v) is 37.6. The molecule has 20 heteroatoms. The number of benzene rings is 3. The number of esters is 1. The quantitative estimate of drug-likeness (QED) is 0.0835. The zero-order chi connectivity index (χ0) is 47.9. The van der Waals surface area contributed by atoms with Crippen molar-refractivity contribution in [3.8, 4) is 39.9 Å². The Morgan fingerprint density at radius 3 is 2.01 bits per heavy atom. The Morgan fingerprint density at radius 2 is 1.37 bits per heavy atom. The van der Waals surface area contributed by atoms with Crippen molar-refractivity contribution < 1.29 is 92.7 Å². The van der Waals surface area contributed by atoms with Crippen LogP contribution in [0.4, 0.5) is 0 Å². The summed E-state index contributed by atoms with van der Waals surface area (Å²) in [7, 11) is 2.70. The van der Waals surface area contributed by atoms with E-state index < -0.39 is 132 Å². The molecule has 5 heterocycles. The highest BCUT2D eigenvalue weighted by molar-refractivity contribution is 6.07. The van der Waals surface area contributed by atoms with E-state index in [4.69, 9.17) is 47.0 Å². The summed E-state index contributed by atoms with van der Waals surface area (Å²) >= 11 is 0. The first-order chi connectivity index (χ1) is 31.9. The summed E-state index contributed by atoms with van der Waals surface area (Å²) in [4.78, 5) is 27.8. The molecule has 1 aliphatic carbocycles. The second kappa shape index (κ2) is 18.2. The van der Waals surface area contributed by atoms with Crippen LogP contribution in [0.5, 0.6) is 28.7 Å². The SMILES string of the molecule is CCC[C@@H]1Cc2cc3c(c(O)c2C(=O)O1)-c1c(c(OC)c2oc4ccc(O[C@H]5C[C@@H](O)[C@@H](O[C@H]6C[C@@H](O)[C@H](O[C@H]7C[C@@H](OC)[C@H](O)[C@@H](C)O7)[C@@H](C)O6)[C@@H](C)O5)c(O)c4c(=O)c2c1O)[C@H](O)[C@H]3O. The Balaban J connectivity index is 0.960. The van der Waals surface area contributed by atoms with Crippen molar-refractivity contribution in [1.29, 1.82) is 0 Å². The fraction of sp³-hybridized carbons (Fsp3) is 0.574. The zero-order valence-electron chi connectivity index (χ0n) is 37.6. The smallest absolute Gasteiger partial charge is 0.342 e. The van der Waals surface area contributed by atoms with Crippen LogP contribution < -0.4 is 14.9 Å². The summed E-state index contributed by atoms with van der Waals surface area (Å²) in [5.41, 5.74) is -2.11. The molecule has 67 heavy (non-hydrogen) atoms. The molecule has 1 aromatic heterocycles. The Kier molecular flexibility index (Phi) is 12.9. The maximum absolute atomic E-state index is 14.5. The van der Waals surface area contributed by atoms with Gasteiger partial charge in [0.2, 0.25) is 11.7 Å². The van der Waals surface area contributed by atoms with Gasteiger partial charge in [0.1, 0.15) is 70.0 Å². The van der Waals surface area contributed by atoms with Gasteiger partial charge < -0.3 is 87.9 Å². The highest BCUT2D eigenvalue weighted by atomic mass is 16.7. The maximum atomic E-state index is 14.5. The van der Waals surface area contributed by atoms with Gasteiger partial charge >= 0.3 is 5.97 Å². The number of hydrogen-bond donors (Lipinski definition) is 8. The molecule has 4 aliphatic heterocycles. The monoisotopic (exact) mass is 940 g/mol. The third kappa shape index (κ3) is 8.04. The van der Waals surface area contributed by atoms with Crippen LogP contribution in [0, 0.1) is 0 Å². The number of fused-ring (bicyclic) bond motifs is 6. The van der Waals surface area contributed by atoms with Crippen molar-refractivity contribution in [3.63, 3.8) is 0 Å². The van der Waals surface area contributed by atoms with Gasteiger partial charge in [-0.2, -0.15) is 0 Å². The molecule has 8 N–H and O–H groups in total. The molecule has 0 bridgehead atoms. The van der Waals surface area contributed by atoms with E-state index in [1.165, 1.54) is 32.4 Å². The van der Waals surface area contributed by atoms with Gasteiger partial charge in [0.25, 0.3) is 0 Å². The van der Waals surface area contributed by atoms with Gasteiger partial charge in [-0.1, -0.05) is 19.4 Å². The summed E-state index contributed by atoms with van der Waals surface area (Å²) in [5, 5.41) is 90.2. The number of carbonyl (C=O) groups is 1. The number of carbonyl (C=O) groups excluding carboxylic acids is 1. The van der Waals surface area contributed by atoms with E-state index in [-0.39, 0.29) is 76.2 Å². The highest BCUT2D eigenvalue weighted by Crippen LogP contribution is 2.58. The van der Waals surface area contributed by atoms with Gasteiger partial charge in [-0.05, 0) is 50.5 Å². The number of phenols is 3. The van der Waals surface area contributed by atoms with Gasteiger partial charge in [-0.25, -0.2) is 4.79 Å². The van der Waals surface area contributed by atoms with Crippen LogP contribution in [0.25, 0.3) is 33.1 Å². The molecule has 9 rings (SSSR count). The number of phenolic OH excluding ortho intramolecular Hbond substituents is 3. The predicted octanol–water partition coefficient (Wildman–Crippen LogP) is 3.35. The van der Waals surface area contributed by atoms with Crippen molar-refractivity contribution in [1.82, 2.24) is 0 Å². The molecule has 0 amide bonds. The number of aliphatic hydroxyl groups is 5. The van der Waals surface area contributed by atoms with Gasteiger partial charge in [0.15, 0.2) is 35.4 Å². The van der Waals surface area contributed by atoms with Crippen molar-refractivity contribution in [2.45, 2.75) is 158 Å². The summed E-state index contributed by atoms with van der Waals surface area (Å²) in [6.07, 6.45) is -12.6. The van der Waals surface area contributed by atoms with Gasteiger partial charge in [0, 0.05) is 49.5 Å². The number of aliphatic hydroxyl groups excluding tert-OH is 5. The van der Waals surface area contributed by atoms with Crippen LogP contribution in [-0.2, 0) is 39.6 Å². The number of ether oxygens (including phenoxy) is 9. The average molecular weight is 941 g/mol. The largest absolute Gasteiger partial charge is 0.506 e. The molecule has 0 radical (unpaired) electrons. The van der Waals surface area contributed by atoms with Crippen molar-refractivity contribution in [2.75, 3.05) is 14.2 Å². The second-order valence-electron chi connectivity index (χ2n) is 18.0. The highest BCUT2D eigenvalue weighted by Gasteiger charge is 2.47. The first kappa shape index (κ1) is 47.2. The van der Waals surface area contributed by atoms with E-state index in [2.05, 4.69) is 0 Å². The maximum Gasteiger partial charge on any atom is 0.342 e. The van der Waals surface area contributed by atoms with Crippen LogP contribution >= 0.6 is 0 Å². The Hall–Kier alpha value is -4.84. The number of hydrogen-bond acceptors (Lipinski definition) is 20. The predicted molar refractivity (Wildman–Crippen MR) is 231 cm³/mol. The van der Waals surface area contributed by atoms with Crippen LogP contribution in [0.15, 0.2) is 27.4 Å². The lowest BCUT2D eigenvalue weighted by molar-refractivity contribution is -0.331. The fourth-order valence-electron chi connectivity index (χ4n) is 10.3. The van der Waals surface area contributed by atoms with Crippen LogP contribution in [0.2, 0.25) is 0 Å². The molecule has 3 saturated heterocycles. The second-order valence-corrected chi connectivity index (χ2v) is 18.0. The first-order valence-electron chi connectivity index (χ1n) is 22.5.